The Morgan fingerprint density at radius 1 is 1.22 bits per heavy atom. The van der Waals surface area contributed by atoms with E-state index in [2.05, 4.69) is 15.5 Å². The number of likely N-dealkylation sites (tertiary alicyclic amines) is 1. The zero-order chi connectivity index (χ0) is 16.1. The SMILES string of the molecule is Fc1ccccc1NC(=S)NC[C@@H](c1ccco1)N1CCCC1. The van der Waals surface area contributed by atoms with Crippen molar-refractivity contribution >= 4 is 23.0 Å². The highest BCUT2D eigenvalue weighted by molar-refractivity contribution is 7.80. The standard InChI is InChI=1S/C17H20FN3OS/c18-13-6-1-2-7-14(13)20-17(23)19-12-15(16-8-5-11-22-16)21-9-3-4-10-21/h1-2,5-8,11,15H,3-4,9-10,12H2,(H2,19,20,23)/t15-/m0/s1. The first-order chi connectivity index (χ1) is 11.2. The Balaban J connectivity index is 1.60. The van der Waals surface area contributed by atoms with Gasteiger partial charge in [-0.25, -0.2) is 4.39 Å². The average molecular weight is 333 g/mol. The fourth-order valence-electron chi connectivity index (χ4n) is 2.86. The van der Waals surface area contributed by atoms with Gasteiger partial charge in [0.25, 0.3) is 0 Å². The van der Waals surface area contributed by atoms with E-state index in [9.17, 15) is 4.39 Å². The Bertz CT molecular complexity index is 641. The van der Waals surface area contributed by atoms with Crippen LogP contribution in [0.5, 0.6) is 0 Å². The maximum Gasteiger partial charge on any atom is 0.170 e. The van der Waals surface area contributed by atoms with E-state index >= 15 is 0 Å². The van der Waals surface area contributed by atoms with Crippen LogP contribution in [0.3, 0.4) is 0 Å². The topological polar surface area (TPSA) is 40.4 Å². The van der Waals surface area contributed by atoms with Crippen molar-refractivity contribution < 1.29 is 8.81 Å². The largest absolute Gasteiger partial charge is 0.468 e. The lowest BCUT2D eigenvalue weighted by molar-refractivity contribution is 0.216. The number of nitrogens with zero attached hydrogens (tertiary/aromatic N) is 1. The Hall–Kier alpha value is -1.92. The molecule has 0 spiro atoms. The summed E-state index contributed by atoms with van der Waals surface area (Å²) in [4.78, 5) is 2.39. The molecule has 2 N–H and O–H groups in total. The first-order valence-corrected chi connectivity index (χ1v) is 8.22. The van der Waals surface area contributed by atoms with Crippen molar-refractivity contribution in [2.75, 3.05) is 25.0 Å². The predicted octanol–water partition coefficient (Wildman–Crippen LogP) is 3.54. The van der Waals surface area contributed by atoms with Crippen molar-refractivity contribution in [3.8, 4) is 0 Å². The molecule has 1 aliphatic rings. The summed E-state index contributed by atoms with van der Waals surface area (Å²) in [5.41, 5.74) is 0.376. The molecule has 1 fully saturated rings. The normalized spacial score (nSPS) is 16.2. The zero-order valence-corrected chi connectivity index (χ0v) is 13.6. The molecule has 23 heavy (non-hydrogen) atoms. The van der Waals surface area contributed by atoms with E-state index in [4.69, 9.17) is 16.6 Å². The number of hydrogen-bond acceptors (Lipinski definition) is 3. The van der Waals surface area contributed by atoms with Crippen LogP contribution in [-0.2, 0) is 0 Å². The molecule has 1 aliphatic heterocycles. The van der Waals surface area contributed by atoms with Crippen molar-refractivity contribution in [2.45, 2.75) is 18.9 Å². The van der Waals surface area contributed by atoms with Gasteiger partial charge in [0.1, 0.15) is 11.6 Å². The molecule has 0 saturated carbocycles. The minimum Gasteiger partial charge on any atom is -0.468 e. The summed E-state index contributed by atoms with van der Waals surface area (Å²) in [7, 11) is 0. The van der Waals surface area contributed by atoms with Crippen LogP contribution in [0.2, 0.25) is 0 Å². The molecule has 3 rings (SSSR count). The van der Waals surface area contributed by atoms with Crippen LogP contribution < -0.4 is 10.6 Å². The maximum absolute atomic E-state index is 13.6. The number of rotatable bonds is 5. The molecule has 0 radical (unpaired) electrons. The first-order valence-electron chi connectivity index (χ1n) is 7.81. The average Bonchev–Trinajstić information content (AvgIpc) is 3.23. The third kappa shape index (κ3) is 4.09. The van der Waals surface area contributed by atoms with Crippen LogP contribution in [0.25, 0.3) is 0 Å². The van der Waals surface area contributed by atoms with E-state index in [1.165, 1.54) is 18.9 Å². The summed E-state index contributed by atoms with van der Waals surface area (Å²) in [6.45, 7) is 2.73. The van der Waals surface area contributed by atoms with Gasteiger partial charge in [-0.05, 0) is 62.4 Å². The number of anilines is 1. The van der Waals surface area contributed by atoms with E-state index < -0.39 is 0 Å². The molecule has 0 bridgehead atoms. The van der Waals surface area contributed by atoms with E-state index in [-0.39, 0.29) is 11.9 Å². The summed E-state index contributed by atoms with van der Waals surface area (Å²) in [5, 5.41) is 6.48. The van der Waals surface area contributed by atoms with Crippen molar-refractivity contribution in [2.24, 2.45) is 0 Å². The van der Waals surface area contributed by atoms with Gasteiger partial charge in [0.2, 0.25) is 0 Å². The number of halogens is 1. The fourth-order valence-corrected chi connectivity index (χ4v) is 3.06. The quantitative estimate of drug-likeness (QED) is 0.819. The summed E-state index contributed by atoms with van der Waals surface area (Å²) in [6.07, 6.45) is 4.10. The lowest BCUT2D eigenvalue weighted by atomic mass is 10.2. The molecule has 1 saturated heterocycles. The van der Waals surface area contributed by atoms with E-state index in [1.807, 2.05) is 12.1 Å². The molecule has 122 valence electrons. The Morgan fingerprint density at radius 2 is 2.00 bits per heavy atom. The van der Waals surface area contributed by atoms with Crippen LogP contribution in [0.1, 0.15) is 24.6 Å². The van der Waals surface area contributed by atoms with E-state index in [0.29, 0.717) is 17.3 Å². The van der Waals surface area contributed by atoms with Crippen LogP contribution in [0, 0.1) is 5.82 Å². The molecule has 0 unspecified atom stereocenters. The molecule has 2 aromatic rings. The number of benzene rings is 1. The summed E-state index contributed by atoms with van der Waals surface area (Å²) in [6, 6.07) is 10.5. The highest BCUT2D eigenvalue weighted by atomic mass is 32.1. The van der Waals surface area contributed by atoms with Crippen molar-refractivity contribution in [3.63, 3.8) is 0 Å². The second-order valence-electron chi connectivity index (χ2n) is 5.59. The van der Waals surface area contributed by atoms with Gasteiger partial charge in [-0.1, -0.05) is 12.1 Å². The van der Waals surface area contributed by atoms with Gasteiger partial charge in [0.15, 0.2) is 5.11 Å². The van der Waals surface area contributed by atoms with Gasteiger partial charge in [0, 0.05) is 6.54 Å². The van der Waals surface area contributed by atoms with Crippen molar-refractivity contribution in [1.82, 2.24) is 10.2 Å². The minimum absolute atomic E-state index is 0.132. The lowest BCUT2D eigenvalue weighted by Gasteiger charge is -2.26. The number of thiocarbonyl (C=S) groups is 1. The van der Waals surface area contributed by atoms with Gasteiger partial charge in [-0.15, -0.1) is 0 Å². The Labute approximate surface area is 140 Å². The van der Waals surface area contributed by atoms with Crippen LogP contribution >= 0.6 is 12.2 Å². The zero-order valence-electron chi connectivity index (χ0n) is 12.8. The molecule has 6 heteroatoms. The first kappa shape index (κ1) is 16.0. The van der Waals surface area contributed by atoms with Crippen molar-refractivity contribution in [3.05, 3.63) is 54.2 Å². The third-order valence-corrected chi connectivity index (χ3v) is 4.28. The molecular weight excluding hydrogens is 313 g/mol. The number of para-hydroxylation sites is 1. The molecule has 1 atom stereocenters. The van der Waals surface area contributed by atoms with E-state index in [1.54, 1.807) is 24.5 Å². The van der Waals surface area contributed by atoms with Gasteiger partial charge in [0.05, 0.1) is 18.0 Å². The molecule has 1 aromatic carbocycles. The van der Waals surface area contributed by atoms with Crippen LogP contribution in [0.15, 0.2) is 47.1 Å². The highest BCUT2D eigenvalue weighted by Gasteiger charge is 2.25. The minimum atomic E-state index is -0.321. The fraction of sp³-hybridized carbons (Fsp3) is 0.353. The Kier molecular flexibility index (Phi) is 5.25. The van der Waals surface area contributed by atoms with Crippen LogP contribution in [0.4, 0.5) is 10.1 Å². The monoisotopic (exact) mass is 333 g/mol. The summed E-state index contributed by atoms with van der Waals surface area (Å²) in [5.74, 6) is 0.604. The van der Waals surface area contributed by atoms with Gasteiger partial charge >= 0.3 is 0 Å². The number of hydrogen-bond donors (Lipinski definition) is 2. The van der Waals surface area contributed by atoms with Crippen LogP contribution in [-0.4, -0.2) is 29.6 Å². The molecule has 0 aliphatic carbocycles. The molecule has 2 heterocycles. The second-order valence-corrected chi connectivity index (χ2v) is 6.00. The molecule has 1 aromatic heterocycles. The van der Waals surface area contributed by atoms with E-state index in [0.717, 1.165) is 18.8 Å². The predicted molar refractivity (Wildman–Crippen MR) is 92.9 cm³/mol. The second kappa shape index (κ2) is 7.57. The van der Waals surface area contributed by atoms with Gasteiger partial charge in [-0.2, -0.15) is 0 Å². The Morgan fingerprint density at radius 3 is 2.70 bits per heavy atom. The number of furan rings is 1. The smallest absolute Gasteiger partial charge is 0.170 e. The lowest BCUT2D eigenvalue weighted by Crippen LogP contribution is -2.38. The molecular formula is C17H20FN3OS. The summed E-state index contributed by atoms with van der Waals surface area (Å²) < 4.78 is 19.2. The highest BCUT2D eigenvalue weighted by Crippen LogP contribution is 2.25. The van der Waals surface area contributed by atoms with Gasteiger partial charge < -0.3 is 15.1 Å². The third-order valence-electron chi connectivity index (χ3n) is 4.03. The van der Waals surface area contributed by atoms with Gasteiger partial charge in [-0.3, -0.25) is 4.90 Å². The number of nitrogens with one attached hydrogen (secondary N) is 2. The molecule has 0 amide bonds. The van der Waals surface area contributed by atoms with Crippen molar-refractivity contribution in [1.29, 1.82) is 0 Å². The summed E-state index contributed by atoms with van der Waals surface area (Å²) >= 11 is 5.28. The molecule has 4 nitrogen and oxygen atoms in total. The maximum atomic E-state index is 13.6.